The molecule has 0 spiro atoms. The molecule has 146 valence electrons. The number of carbonyl (C=O) groups is 2. The molecule has 0 unspecified atom stereocenters. The summed E-state index contributed by atoms with van der Waals surface area (Å²) in [5.74, 6) is -1.10. The summed E-state index contributed by atoms with van der Waals surface area (Å²) in [6, 6.07) is 6.47. The first-order chi connectivity index (χ1) is 13.3. The molecule has 2 heterocycles. The fourth-order valence-corrected chi connectivity index (χ4v) is 4.98. The maximum atomic E-state index is 14.2. The van der Waals surface area contributed by atoms with Gasteiger partial charge in [-0.1, -0.05) is 22.0 Å². The van der Waals surface area contributed by atoms with Crippen LogP contribution in [0.1, 0.15) is 17.2 Å². The van der Waals surface area contributed by atoms with Gasteiger partial charge in [0.25, 0.3) is 0 Å². The molecule has 9 heteroatoms. The normalized spacial score (nSPS) is 18.6. The number of hydrogen-bond donors (Lipinski definition) is 1. The van der Waals surface area contributed by atoms with E-state index in [-0.39, 0.29) is 36.5 Å². The second kappa shape index (κ2) is 7.44. The molecule has 5 nitrogen and oxygen atoms in total. The molecule has 0 radical (unpaired) electrons. The largest absolute Gasteiger partial charge is 0.332 e. The average Bonchev–Trinajstić information content (AvgIpc) is 2.63. The maximum absolute atomic E-state index is 14.2. The number of halogens is 4. The van der Waals surface area contributed by atoms with Gasteiger partial charge in [-0.3, -0.25) is 4.79 Å². The van der Waals surface area contributed by atoms with E-state index in [9.17, 15) is 18.4 Å². The summed E-state index contributed by atoms with van der Waals surface area (Å²) in [7, 11) is 0. The molecule has 0 bridgehead atoms. The Hall–Kier alpha value is -2.00. The number of nitrogens with one attached hydrogen (secondary N) is 1. The highest BCUT2D eigenvalue weighted by Gasteiger charge is 2.38. The summed E-state index contributed by atoms with van der Waals surface area (Å²) < 4.78 is 28.7. The summed E-state index contributed by atoms with van der Waals surface area (Å²) >= 11 is 6.42. The molecule has 1 saturated heterocycles. The molecular weight excluding hydrogens is 500 g/mol. The molecule has 2 aromatic rings. The lowest BCUT2D eigenvalue weighted by molar-refractivity contribution is -0.139. The number of rotatable bonds is 1. The van der Waals surface area contributed by atoms with Gasteiger partial charge in [-0.2, -0.15) is 0 Å². The van der Waals surface area contributed by atoms with Crippen LogP contribution in [0.25, 0.3) is 0 Å². The standard InChI is InChI=1S/C19H15Br2F2N3O2/c20-11-6-14(21)18(15(23)7-11)24-19(28)25-8-16-13-2-1-12(22)5-10(13)3-4-26(16)17(27)9-25/h1-2,5-7,16H,3-4,8-9H2,(H,24,28)/t16-/m1/s1. The summed E-state index contributed by atoms with van der Waals surface area (Å²) in [6.07, 6.45) is 0.582. The van der Waals surface area contributed by atoms with Crippen molar-refractivity contribution in [2.45, 2.75) is 12.5 Å². The minimum atomic E-state index is -0.599. The van der Waals surface area contributed by atoms with Crippen molar-refractivity contribution in [2.75, 3.05) is 25.0 Å². The van der Waals surface area contributed by atoms with Gasteiger partial charge in [-0.25, -0.2) is 13.6 Å². The van der Waals surface area contributed by atoms with E-state index in [0.717, 1.165) is 11.1 Å². The van der Waals surface area contributed by atoms with Crippen LogP contribution in [-0.4, -0.2) is 41.4 Å². The lowest BCUT2D eigenvalue weighted by Crippen LogP contribution is -2.56. The van der Waals surface area contributed by atoms with Crippen molar-refractivity contribution < 1.29 is 18.4 Å². The van der Waals surface area contributed by atoms with Gasteiger partial charge in [-0.05, 0) is 57.7 Å². The van der Waals surface area contributed by atoms with Crippen molar-refractivity contribution in [3.63, 3.8) is 0 Å². The summed E-state index contributed by atoms with van der Waals surface area (Å²) in [5.41, 5.74) is 1.70. The van der Waals surface area contributed by atoms with E-state index in [0.29, 0.717) is 21.9 Å². The molecule has 0 aromatic heterocycles. The molecule has 1 atom stereocenters. The molecule has 4 rings (SSSR count). The van der Waals surface area contributed by atoms with Gasteiger partial charge < -0.3 is 15.1 Å². The topological polar surface area (TPSA) is 52.7 Å². The molecule has 2 aliphatic heterocycles. The molecule has 1 N–H and O–H groups in total. The Bertz CT molecular complexity index is 963. The lowest BCUT2D eigenvalue weighted by atomic mass is 9.90. The average molecular weight is 515 g/mol. The van der Waals surface area contributed by atoms with Crippen molar-refractivity contribution in [2.24, 2.45) is 0 Å². The Morgan fingerprint density at radius 1 is 1.18 bits per heavy atom. The third-order valence-corrected chi connectivity index (χ3v) is 6.11. The van der Waals surface area contributed by atoms with E-state index in [1.807, 2.05) is 0 Å². The van der Waals surface area contributed by atoms with Crippen molar-refractivity contribution in [3.8, 4) is 0 Å². The van der Waals surface area contributed by atoms with Crippen LogP contribution in [-0.2, 0) is 11.2 Å². The highest BCUT2D eigenvalue weighted by molar-refractivity contribution is 9.11. The van der Waals surface area contributed by atoms with Crippen molar-refractivity contribution in [1.82, 2.24) is 9.80 Å². The Morgan fingerprint density at radius 3 is 2.71 bits per heavy atom. The summed E-state index contributed by atoms with van der Waals surface area (Å²) in [6.45, 7) is 0.656. The van der Waals surface area contributed by atoms with Gasteiger partial charge in [0, 0.05) is 22.0 Å². The van der Waals surface area contributed by atoms with Crippen LogP contribution in [0.2, 0.25) is 0 Å². The van der Waals surface area contributed by atoms with Crippen LogP contribution in [0, 0.1) is 11.6 Å². The first-order valence-corrected chi connectivity index (χ1v) is 10.2. The number of benzene rings is 2. The zero-order valence-electron chi connectivity index (χ0n) is 14.5. The first kappa shape index (κ1) is 19.3. The van der Waals surface area contributed by atoms with Crippen molar-refractivity contribution >= 4 is 49.5 Å². The monoisotopic (exact) mass is 513 g/mol. The van der Waals surface area contributed by atoms with Gasteiger partial charge >= 0.3 is 6.03 Å². The molecule has 3 amide bonds. The van der Waals surface area contributed by atoms with Gasteiger partial charge in [0.1, 0.15) is 18.2 Å². The Labute approximate surface area is 176 Å². The number of anilines is 1. The first-order valence-electron chi connectivity index (χ1n) is 8.62. The highest BCUT2D eigenvalue weighted by Crippen LogP contribution is 2.34. The summed E-state index contributed by atoms with van der Waals surface area (Å²) in [4.78, 5) is 28.4. The molecule has 2 aromatic carbocycles. The number of carbonyl (C=O) groups excluding carboxylic acids is 2. The second-order valence-electron chi connectivity index (χ2n) is 6.75. The quantitative estimate of drug-likeness (QED) is 0.610. The van der Waals surface area contributed by atoms with Crippen LogP contribution in [0.4, 0.5) is 19.3 Å². The second-order valence-corrected chi connectivity index (χ2v) is 8.52. The predicted molar refractivity (Wildman–Crippen MR) is 107 cm³/mol. The number of amides is 3. The fourth-order valence-electron chi connectivity index (χ4n) is 3.71. The van der Waals surface area contributed by atoms with Gasteiger partial charge in [-0.15, -0.1) is 0 Å². The molecule has 1 fully saturated rings. The molecule has 0 saturated carbocycles. The third kappa shape index (κ3) is 3.53. The number of urea groups is 1. The van der Waals surface area contributed by atoms with Crippen LogP contribution in [0.3, 0.4) is 0 Å². The smallest absolute Gasteiger partial charge is 0.322 e. The predicted octanol–water partition coefficient (Wildman–Crippen LogP) is 4.46. The third-order valence-electron chi connectivity index (χ3n) is 5.03. The zero-order chi connectivity index (χ0) is 20.0. The molecule has 2 aliphatic rings. The minimum absolute atomic E-state index is 0.00851. The van der Waals surface area contributed by atoms with Crippen LogP contribution in [0.15, 0.2) is 39.3 Å². The van der Waals surface area contributed by atoms with E-state index in [4.69, 9.17) is 0 Å². The van der Waals surface area contributed by atoms with Gasteiger partial charge in [0.05, 0.1) is 11.7 Å². The molecule has 28 heavy (non-hydrogen) atoms. The Kier molecular flexibility index (Phi) is 5.13. The molecule has 0 aliphatic carbocycles. The number of fused-ring (bicyclic) bond motifs is 3. The van der Waals surface area contributed by atoms with Crippen LogP contribution < -0.4 is 5.32 Å². The SMILES string of the molecule is O=C(Nc1c(F)cc(Br)cc1Br)N1CC(=O)N2CCc3cc(F)ccc3[C@H]2C1. The minimum Gasteiger partial charge on any atom is -0.332 e. The van der Waals surface area contributed by atoms with E-state index in [2.05, 4.69) is 37.2 Å². The summed E-state index contributed by atoms with van der Waals surface area (Å²) in [5, 5.41) is 2.54. The number of hydrogen-bond acceptors (Lipinski definition) is 2. The number of nitrogens with zero attached hydrogens (tertiary/aromatic N) is 2. The van der Waals surface area contributed by atoms with E-state index in [1.54, 1.807) is 17.0 Å². The zero-order valence-corrected chi connectivity index (χ0v) is 17.7. The lowest BCUT2D eigenvalue weighted by Gasteiger charge is -2.44. The van der Waals surface area contributed by atoms with E-state index in [1.165, 1.54) is 23.1 Å². The molecular formula is C19H15Br2F2N3O2. The fraction of sp³-hybridized carbons (Fsp3) is 0.263. The van der Waals surface area contributed by atoms with Crippen molar-refractivity contribution in [1.29, 1.82) is 0 Å². The number of piperazine rings is 1. The van der Waals surface area contributed by atoms with Gasteiger partial charge in [0.15, 0.2) is 0 Å². The Morgan fingerprint density at radius 2 is 1.96 bits per heavy atom. The van der Waals surface area contributed by atoms with Crippen LogP contribution in [0.5, 0.6) is 0 Å². The highest BCUT2D eigenvalue weighted by atomic mass is 79.9. The van der Waals surface area contributed by atoms with Gasteiger partial charge in [0.2, 0.25) is 5.91 Å². The van der Waals surface area contributed by atoms with Crippen LogP contribution >= 0.6 is 31.9 Å². The van der Waals surface area contributed by atoms with Crippen molar-refractivity contribution in [3.05, 3.63) is 62.0 Å². The Balaban J connectivity index is 1.58. The van der Waals surface area contributed by atoms with E-state index >= 15 is 0 Å². The van der Waals surface area contributed by atoms with E-state index < -0.39 is 11.8 Å². The maximum Gasteiger partial charge on any atom is 0.322 e.